The number of H-pyrrole nitrogens is 1. The van der Waals surface area contributed by atoms with Gasteiger partial charge in [-0.25, -0.2) is 0 Å². The summed E-state index contributed by atoms with van der Waals surface area (Å²) in [5.41, 5.74) is 2.47. The Kier molecular flexibility index (Phi) is 7.35. The lowest BCUT2D eigenvalue weighted by Crippen LogP contribution is -2.40. The van der Waals surface area contributed by atoms with E-state index in [-0.39, 0.29) is 25.1 Å². The number of hydrogen-bond acceptors (Lipinski definition) is 5. The maximum atomic E-state index is 13.3. The van der Waals surface area contributed by atoms with Crippen LogP contribution in [0.5, 0.6) is 5.75 Å². The quantitative estimate of drug-likeness (QED) is 0.192. The van der Waals surface area contributed by atoms with Gasteiger partial charge in [0.1, 0.15) is 18.5 Å². The summed E-state index contributed by atoms with van der Waals surface area (Å²) in [5.74, 6) is 0.951. The van der Waals surface area contributed by atoms with Crippen LogP contribution in [0, 0.1) is 5.92 Å². The average Bonchev–Trinajstić information content (AvgIpc) is 3.35. The Labute approximate surface area is 229 Å². The van der Waals surface area contributed by atoms with Crippen LogP contribution in [0.4, 0.5) is 13.2 Å². The highest BCUT2D eigenvalue weighted by Gasteiger charge is 2.32. The number of nitrogens with zero attached hydrogens (tertiary/aromatic N) is 1. The number of rotatable bonds is 8. The molecule has 0 radical (unpaired) electrons. The molecule has 2 atom stereocenters. The first kappa shape index (κ1) is 26.6. The Balaban J connectivity index is 1.21. The fourth-order valence-electron chi connectivity index (χ4n) is 5.82. The smallest absolute Gasteiger partial charge is 0.416 e. The molecule has 0 spiro atoms. The van der Waals surface area contributed by atoms with Crippen molar-refractivity contribution in [2.75, 3.05) is 26.2 Å². The van der Waals surface area contributed by atoms with E-state index in [0.717, 1.165) is 65.4 Å². The zero-order valence-corrected chi connectivity index (χ0v) is 21.8. The van der Waals surface area contributed by atoms with E-state index >= 15 is 0 Å². The third-order valence-electron chi connectivity index (χ3n) is 7.79. The Bertz CT molecular complexity index is 1630. The molecule has 6 nitrogen and oxygen atoms in total. The standard InChI is InChI=1S/C31H31F3N4O2/c32-31(33,34)20-8-9-22-23(12-15-36-27(22)16-20)30(19-10-13-35-14-11-19)37-17-21(39)18-40-28-7-3-6-26-29(28)24-4-1-2-5-25(24)38-26/h1-9,12,15-16,19,21,30,35,37-39H,10-11,13-14,17-18H2/t21-,30?/m0/s1. The van der Waals surface area contributed by atoms with Crippen molar-refractivity contribution in [3.05, 3.63) is 84.1 Å². The molecule has 1 unspecified atom stereocenters. The van der Waals surface area contributed by atoms with Gasteiger partial charge in [0.25, 0.3) is 0 Å². The first-order valence-corrected chi connectivity index (χ1v) is 13.6. The molecule has 1 aliphatic rings. The third kappa shape index (κ3) is 5.37. The fourth-order valence-corrected chi connectivity index (χ4v) is 5.82. The van der Waals surface area contributed by atoms with Gasteiger partial charge in [0, 0.05) is 40.5 Å². The van der Waals surface area contributed by atoms with Crippen molar-refractivity contribution in [1.82, 2.24) is 20.6 Å². The van der Waals surface area contributed by atoms with Gasteiger partial charge in [-0.2, -0.15) is 13.2 Å². The SMILES string of the molecule is O[C@@H](CNC(c1ccnc2cc(C(F)(F)F)ccc12)C1CCNCC1)COc1cccc2[nH]c3ccccc3c12. The van der Waals surface area contributed by atoms with Crippen molar-refractivity contribution in [3.63, 3.8) is 0 Å². The number of nitrogens with one attached hydrogen (secondary N) is 3. The summed E-state index contributed by atoms with van der Waals surface area (Å²) in [7, 11) is 0. The molecule has 9 heteroatoms. The van der Waals surface area contributed by atoms with Gasteiger partial charge in [-0.15, -0.1) is 0 Å². The molecule has 3 heterocycles. The molecule has 5 aromatic rings. The Hall–Kier alpha value is -3.66. The van der Waals surface area contributed by atoms with Crippen LogP contribution in [0.2, 0.25) is 0 Å². The van der Waals surface area contributed by atoms with Crippen LogP contribution in [0.3, 0.4) is 0 Å². The molecule has 208 valence electrons. The number of alkyl halides is 3. The molecule has 0 saturated carbocycles. The number of hydrogen-bond donors (Lipinski definition) is 4. The Morgan fingerprint density at radius 2 is 1.77 bits per heavy atom. The monoisotopic (exact) mass is 548 g/mol. The second-order valence-corrected chi connectivity index (χ2v) is 10.4. The van der Waals surface area contributed by atoms with E-state index in [0.29, 0.717) is 16.7 Å². The largest absolute Gasteiger partial charge is 0.490 e. The summed E-state index contributed by atoms with van der Waals surface area (Å²) >= 11 is 0. The number of pyridine rings is 1. The molecule has 1 saturated heterocycles. The first-order chi connectivity index (χ1) is 19.4. The number of aromatic nitrogens is 2. The van der Waals surface area contributed by atoms with Crippen molar-refractivity contribution in [2.45, 2.75) is 31.2 Å². The lowest BCUT2D eigenvalue weighted by molar-refractivity contribution is -0.137. The number of ether oxygens (including phenoxy) is 1. The third-order valence-corrected chi connectivity index (χ3v) is 7.79. The minimum absolute atomic E-state index is 0.0938. The van der Waals surface area contributed by atoms with E-state index in [1.807, 2.05) is 48.5 Å². The Morgan fingerprint density at radius 3 is 2.60 bits per heavy atom. The maximum Gasteiger partial charge on any atom is 0.416 e. The van der Waals surface area contributed by atoms with Crippen LogP contribution in [0.1, 0.15) is 30.0 Å². The second kappa shape index (κ2) is 11.1. The lowest BCUT2D eigenvalue weighted by Gasteiger charge is -2.33. The molecule has 0 bridgehead atoms. The minimum Gasteiger partial charge on any atom is -0.490 e. The minimum atomic E-state index is -4.43. The van der Waals surface area contributed by atoms with Crippen molar-refractivity contribution >= 4 is 32.7 Å². The molecular formula is C31H31F3N4O2. The lowest BCUT2D eigenvalue weighted by atomic mass is 9.84. The van der Waals surface area contributed by atoms with Gasteiger partial charge >= 0.3 is 6.18 Å². The van der Waals surface area contributed by atoms with Gasteiger partial charge in [-0.3, -0.25) is 4.98 Å². The van der Waals surface area contributed by atoms with Crippen LogP contribution in [-0.4, -0.2) is 47.4 Å². The number of aromatic amines is 1. The molecule has 3 aromatic carbocycles. The summed E-state index contributed by atoms with van der Waals surface area (Å²) in [5, 5.41) is 20.6. The molecule has 40 heavy (non-hydrogen) atoms. The summed E-state index contributed by atoms with van der Waals surface area (Å²) in [6.45, 7) is 2.09. The van der Waals surface area contributed by atoms with Gasteiger partial charge in [0.15, 0.2) is 0 Å². The number of fused-ring (bicyclic) bond motifs is 4. The molecule has 2 aromatic heterocycles. The predicted molar refractivity (Wildman–Crippen MR) is 150 cm³/mol. The molecule has 1 aliphatic heterocycles. The maximum absolute atomic E-state index is 13.3. The van der Waals surface area contributed by atoms with Crippen LogP contribution in [0.15, 0.2) is 72.9 Å². The van der Waals surface area contributed by atoms with E-state index < -0.39 is 17.8 Å². The van der Waals surface area contributed by atoms with Crippen LogP contribution in [-0.2, 0) is 6.18 Å². The number of para-hydroxylation sites is 1. The predicted octanol–water partition coefficient (Wildman–Crippen LogP) is 5.96. The number of piperidine rings is 1. The van der Waals surface area contributed by atoms with Crippen LogP contribution >= 0.6 is 0 Å². The summed E-state index contributed by atoms with van der Waals surface area (Å²) < 4.78 is 46.1. The van der Waals surface area contributed by atoms with Crippen molar-refractivity contribution in [1.29, 1.82) is 0 Å². The first-order valence-electron chi connectivity index (χ1n) is 13.6. The van der Waals surface area contributed by atoms with E-state index in [1.165, 1.54) is 6.07 Å². The molecule has 4 N–H and O–H groups in total. The second-order valence-electron chi connectivity index (χ2n) is 10.4. The summed E-state index contributed by atoms with van der Waals surface area (Å²) in [4.78, 5) is 7.63. The van der Waals surface area contributed by atoms with Gasteiger partial charge in [0.05, 0.1) is 16.6 Å². The summed E-state index contributed by atoms with van der Waals surface area (Å²) in [6.07, 6.45) is -1.84. The van der Waals surface area contributed by atoms with Crippen LogP contribution < -0.4 is 15.4 Å². The number of aliphatic hydroxyl groups is 1. The van der Waals surface area contributed by atoms with Crippen molar-refractivity contribution < 1.29 is 23.0 Å². The average molecular weight is 549 g/mol. The van der Waals surface area contributed by atoms with E-state index in [9.17, 15) is 18.3 Å². The van der Waals surface area contributed by atoms with Crippen LogP contribution in [0.25, 0.3) is 32.7 Å². The van der Waals surface area contributed by atoms with E-state index in [1.54, 1.807) is 6.20 Å². The molecule has 6 rings (SSSR count). The fraction of sp³-hybridized carbons (Fsp3) is 0.323. The highest BCUT2D eigenvalue weighted by atomic mass is 19.4. The molecule has 1 fully saturated rings. The number of halogens is 3. The summed E-state index contributed by atoms with van der Waals surface area (Å²) in [6, 6.07) is 19.3. The van der Waals surface area contributed by atoms with E-state index in [2.05, 4.69) is 20.6 Å². The Morgan fingerprint density at radius 1 is 0.975 bits per heavy atom. The van der Waals surface area contributed by atoms with Gasteiger partial charge < -0.3 is 25.5 Å². The zero-order chi connectivity index (χ0) is 27.7. The molecule has 0 amide bonds. The van der Waals surface area contributed by atoms with Crippen molar-refractivity contribution in [2.24, 2.45) is 5.92 Å². The normalized spacial score (nSPS) is 16.5. The number of aliphatic hydroxyl groups excluding tert-OH is 1. The molecule has 0 aliphatic carbocycles. The highest BCUT2D eigenvalue weighted by molar-refractivity contribution is 6.10. The molecular weight excluding hydrogens is 517 g/mol. The van der Waals surface area contributed by atoms with Crippen molar-refractivity contribution in [3.8, 4) is 5.75 Å². The zero-order valence-electron chi connectivity index (χ0n) is 21.8. The van der Waals surface area contributed by atoms with E-state index in [4.69, 9.17) is 4.74 Å². The highest BCUT2D eigenvalue weighted by Crippen LogP contribution is 2.36. The topological polar surface area (TPSA) is 82.2 Å². The van der Waals surface area contributed by atoms with Gasteiger partial charge in [-0.05, 0) is 73.8 Å². The van der Waals surface area contributed by atoms with Gasteiger partial charge in [-0.1, -0.05) is 30.3 Å². The number of benzene rings is 3. The van der Waals surface area contributed by atoms with Gasteiger partial charge in [0.2, 0.25) is 0 Å².